The minimum atomic E-state index is -1.63. The van der Waals surface area contributed by atoms with Gasteiger partial charge in [0.1, 0.15) is 0 Å². The van der Waals surface area contributed by atoms with Gasteiger partial charge in [-0.3, -0.25) is 9.78 Å². The van der Waals surface area contributed by atoms with Gasteiger partial charge in [-0.25, -0.2) is 13.2 Å². The van der Waals surface area contributed by atoms with E-state index in [1.54, 1.807) is 0 Å². The van der Waals surface area contributed by atoms with Crippen molar-refractivity contribution < 1.29 is 18.0 Å². The Morgan fingerprint density at radius 3 is 2.42 bits per heavy atom. The van der Waals surface area contributed by atoms with Gasteiger partial charge in [-0.2, -0.15) is 0 Å². The quantitative estimate of drug-likeness (QED) is 0.860. The molecule has 2 aromatic rings. The Hall–Kier alpha value is -2.08. The molecule has 1 heterocycles. The molecule has 0 unspecified atom stereocenters. The van der Waals surface area contributed by atoms with Crippen LogP contribution >= 0.6 is 11.6 Å². The largest absolute Gasteiger partial charge is 0.319 e. The summed E-state index contributed by atoms with van der Waals surface area (Å²) in [5.41, 5.74) is -0.185. The highest BCUT2D eigenvalue weighted by Crippen LogP contribution is 2.21. The zero-order valence-corrected chi connectivity index (χ0v) is 10.0. The summed E-state index contributed by atoms with van der Waals surface area (Å²) in [5, 5.41) is 2.53. The molecule has 0 saturated heterocycles. The summed E-state index contributed by atoms with van der Waals surface area (Å²) in [7, 11) is 0. The van der Waals surface area contributed by atoms with E-state index in [1.165, 1.54) is 18.5 Å². The molecule has 1 N–H and O–H groups in total. The SMILES string of the molecule is O=C(Nc1cnccc1Cl)c1cc(F)c(F)c(F)c1. The summed E-state index contributed by atoms with van der Waals surface area (Å²) in [6.07, 6.45) is 2.69. The summed E-state index contributed by atoms with van der Waals surface area (Å²) in [6, 6.07) is 2.62. The van der Waals surface area contributed by atoms with Crippen molar-refractivity contribution >= 4 is 23.2 Å². The molecule has 1 aromatic carbocycles. The Labute approximate surface area is 111 Å². The van der Waals surface area contributed by atoms with Crippen molar-refractivity contribution in [1.29, 1.82) is 0 Å². The molecular formula is C12H6ClF3N2O. The molecule has 0 fully saturated rings. The van der Waals surface area contributed by atoms with E-state index in [-0.39, 0.29) is 16.3 Å². The smallest absolute Gasteiger partial charge is 0.255 e. The van der Waals surface area contributed by atoms with Crippen molar-refractivity contribution in [3.63, 3.8) is 0 Å². The number of aromatic nitrogens is 1. The molecule has 98 valence electrons. The average molecular weight is 287 g/mol. The molecule has 3 nitrogen and oxygen atoms in total. The molecule has 7 heteroatoms. The Morgan fingerprint density at radius 1 is 1.21 bits per heavy atom. The third-order valence-corrected chi connectivity index (χ3v) is 2.59. The number of benzene rings is 1. The summed E-state index contributed by atoms with van der Waals surface area (Å²) in [4.78, 5) is 15.5. The molecule has 1 amide bonds. The molecule has 2 rings (SSSR count). The minimum absolute atomic E-state index is 0.180. The number of hydrogen-bond acceptors (Lipinski definition) is 2. The van der Waals surface area contributed by atoms with Crippen LogP contribution in [0.5, 0.6) is 0 Å². The van der Waals surface area contributed by atoms with Crippen molar-refractivity contribution in [2.75, 3.05) is 5.32 Å². The fourth-order valence-electron chi connectivity index (χ4n) is 1.35. The van der Waals surface area contributed by atoms with Gasteiger partial charge in [-0.15, -0.1) is 0 Å². The van der Waals surface area contributed by atoms with Crippen LogP contribution in [0, 0.1) is 17.5 Å². The Balaban J connectivity index is 2.28. The summed E-state index contributed by atoms with van der Waals surface area (Å²) in [6.45, 7) is 0. The van der Waals surface area contributed by atoms with Crippen LogP contribution in [0.15, 0.2) is 30.6 Å². The first-order chi connectivity index (χ1) is 8.99. The lowest BCUT2D eigenvalue weighted by atomic mass is 10.2. The maximum atomic E-state index is 13.0. The number of nitrogens with zero attached hydrogens (tertiary/aromatic N) is 1. The van der Waals surface area contributed by atoms with E-state index in [0.717, 1.165) is 0 Å². The van der Waals surface area contributed by atoms with Gasteiger partial charge in [-0.1, -0.05) is 11.6 Å². The number of carbonyl (C=O) groups is 1. The number of hydrogen-bond donors (Lipinski definition) is 1. The molecule has 0 bridgehead atoms. The van der Waals surface area contributed by atoms with E-state index in [2.05, 4.69) is 10.3 Å². The second-order valence-electron chi connectivity index (χ2n) is 3.56. The summed E-state index contributed by atoms with van der Waals surface area (Å²) >= 11 is 5.78. The Kier molecular flexibility index (Phi) is 3.71. The Bertz CT molecular complexity index is 626. The van der Waals surface area contributed by atoms with E-state index < -0.39 is 23.4 Å². The molecule has 19 heavy (non-hydrogen) atoms. The molecule has 0 atom stereocenters. The van der Waals surface area contributed by atoms with Gasteiger partial charge in [0.25, 0.3) is 5.91 Å². The van der Waals surface area contributed by atoms with E-state index >= 15 is 0 Å². The molecular weight excluding hydrogens is 281 g/mol. The normalized spacial score (nSPS) is 10.3. The fraction of sp³-hybridized carbons (Fsp3) is 0. The monoisotopic (exact) mass is 286 g/mol. The van der Waals surface area contributed by atoms with Gasteiger partial charge < -0.3 is 5.32 Å². The summed E-state index contributed by atoms with van der Waals surface area (Å²) < 4.78 is 38.7. The highest BCUT2D eigenvalue weighted by molar-refractivity contribution is 6.33. The molecule has 1 aromatic heterocycles. The van der Waals surface area contributed by atoms with Crippen LogP contribution in [0.2, 0.25) is 5.02 Å². The summed E-state index contributed by atoms with van der Waals surface area (Å²) in [5.74, 6) is -5.34. The minimum Gasteiger partial charge on any atom is -0.319 e. The second kappa shape index (κ2) is 5.27. The molecule has 0 spiro atoms. The molecule has 0 radical (unpaired) electrons. The zero-order chi connectivity index (χ0) is 14.0. The van der Waals surface area contributed by atoms with Crippen LogP contribution in [0.25, 0.3) is 0 Å². The van der Waals surface area contributed by atoms with Crippen LogP contribution in [0.1, 0.15) is 10.4 Å². The number of rotatable bonds is 2. The lowest BCUT2D eigenvalue weighted by Gasteiger charge is -2.07. The van der Waals surface area contributed by atoms with Crippen LogP contribution < -0.4 is 5.32 Å². The molecule has 0 aliphatic rings. The maximum Gasteiger partial charge on any atom is 0.255 e. The van der Waals surface area contributed by atoms with Crippen molar-refractivity contribution in [3.05, 3.63) is 58.6 Å². The number of nitrogens with one attached hydrogen (secondary N) is 1. The maximum absolute atomic E-state index is 13.0. The van der Waals surface area contributed by atoms with Crippen molar-refractivity contribution in [1.82, 2.24) is 4.98 Å². The zero-order valence-electron chi connectivity index (χ0n) is 9.25. The average Bonchev–Trinajstić information content (AvgIpc) is 2.38. The Morgan fingerprint density at radius 2 is 1.84 bits per heavy atom. The molecule has 0 aliphatic carbocycles. The van der Waals surface area contributed by atoms with E-state index in [0.29, 0.717) is 12.1 Å². The predicted molar refractivity (Wildman–Crippen MR) is 63.5 cm³/mol. The van der Waals surface area contributed by atoms with Gasteiger partial charge >= 0.3 is 0 Å². The van der Waals surface area contributed by atoms with Crippen LogP contribution in [0.4, 0.5) is 18.9 Å². The van der Waals surface area contributed by atoms with Crippen LogP contribution in [-0.2, 0) is 0 Å². The lowest BCUT2D eigenvalue weighted by Crippen LogP contribution is -2.13. The number of carbonyl (C=O) groups excluding carboxylic acids is 1. The van der Waals surface area contributed by atoms with Gasteiger partial charge in [-0.05, 0) is 18.2 Å². The van der Waals surface area contributed by atoms with Crippen LogP contribution in [-0.4, -0.2) is 10.9 Å². The van der Waals surface area contributed by atoms with Crippen molar-refractivity contribution in [3.8, 4) is 0 Å². The number of pyridine rings is 1. The second-order valence-corrected chi connectivity index (χ2v) is 3.97. The first kappa shape index (κ1) is 13.4. The van der Waals surface area contributed by atoms with Crippen molar-refractivity contribution in [2.24, 2.45) is 0 Å². The van der Waals surface area contributed by atoms with Gasteiger partial charge in [0.15, 0.2) is 17.5 Å². The van der Waals surface area contributed by atoms with Crippen LogP contribution in [0.3, 0.4) is 0 Å². The number of anilines is 1. The first-order valence-corrected chi connectivity index (χ1v) is 5.42. The third kappa shape index (κ3) is 2.85. The predicted octanol–water partition coefficient (Wildman–Crippen LogP) is 3.40. The highest BCUT2D eigenvalue weighted by Gasteiger charge is 2.15. The standard InChI is InChI=1S/C12H6ClF3N2O/c13-7-1-2-17-5-10(7)18-12(19)6-3-8(14)11(16)9(15)4-6/h1-5H,(H,18,19). The molecule has 0 saturated carbocycles. The highest BCUT2D eigenvalue weighted by atomic mass is 35.5. The van der Waals surface area contributed by atoms with Gasteiger partial charge in [0, 0.05) is 11.8 Å². The van der Waals surface area contributed by atoms with Crippen molar-refractivity contribution in [2.45, 2.75) is 0 Å². The number of halogens is 4. The van der Waals surface area contributed by atoms with Gasteiger partial charge in [0.05, 0.1) is 16.9 Å². The van der Waals surface area contributed by atoms with E-state index in [4.69, 9.17) is 11.6 Å². The molecule has 0 aliphatic heterocycles. The lowest BCUT2D eigenvalue weighted by molar-refractivity contribution is 0.102. The van der Waals surface area contributed by atoms with E-state index in [9.17, 15) is 18.0 Å². The first-order valence-electron chi connectivity index (χ1n) is 5.04. The fourth-order valence-corrected chi connectivity index (χ4v) is 1.50. The topological polar surface area (TPSA) is 42.0 Å². The third-order valence-electron chi connectivity index (χ3n) is 2.26. The number of amides is 1. The van der Waals surface area contributed by atoms with Gasteiger partial charge in [0.2, 0.25) is 0 Å². The van der Waals surface area contributed by atoms with E-state index in [1.807, 2.05) is 0 Å².